The van der Waals surface area contributed by atoms with E-state index in [9.17, 15) is 4.79 Å². The van der Waals surface area contributed by atoms with Crippen molar-refractivity contribution < 1.29 is 4.79 Å². The second-order valence-electron chi connectivity index (χ2n) is 5.27. The molecule has 0 saturated heterocycles. The number of anilines is 1. The Morgan fingerprint density at radius 3 is 2.64 bits per heavy atom. The maximum Gasteiger partial charge on any atom is 0.238 e. The number of halogens is 1. The van der Waals surface area contributed by atoms with Crippen LogP contribution >= 0.6 is 15.9 Å². The van der Waals surface area contributed by atoms with E-state index in [1.165, 1.54) is 5.56 Å². The molecule has 116 valence electrons. The van der Waals surface area contributed by atoms with E-state index in [4.69, 9.17) is 0 Å². The van der Waals surface area contributed by atoms with Crippen molar-refractivity contribution in [3.8, 4) is 0 Å². The number of hydrogen-bond acceptors (Lipinski definition) is 2. The fourth-order valence-electron chi connectivity index (χ4n) is 2.23. The molecule has 0 saturated carbocycles. The molecule has 0 bridgehead atoms. The van der Waals surface area contributed by atoms with E-state index in [1.54, 1.807) is 0 Å². The molecule has 0 spiro atoms. The molecular formula is C18H21BrN2O. The molecule has 0 aromatic heterocycles. The lowest BCUT2D eigenvalue weighted by Crippen LogP contribution is -2.29. The Hall–Kier alpha value is -1.65. The van der Waals surface area contributed by atoms with Crippen molar-refractivity contribution in [3.63, 3.8) is 0 Å². The first-order valence-corrected chi connectivity index (χ1v) is 8.25. The van der Waals surface area contributed by atoms with E-state index in [1.807, 2.05) is 31.2 Å². The molecule has 2 aromatic carbocycles. The maximum absolute atomic E-state index is 11.9. The van der Waals surface area contributed by atoms with E-state index >= 15 is 0 Å². The molecule has 4 heteroatoms. The van der Waals surface area contributed by atoms with E-state index < -0.39 is 0 Å². The molecule has 0 heterocycles. The summed E-state index contributed by atoms with van der Waals surface area (Å²) in [5.74, 6) is -0.00914. The summed E-state index contributed by atoms with van der Waals surface area (Å²) in [6, 6.07) is 16.2. The smallest absolute Gasteiger partial charge is 0.238 e. The molecule has 3 nitrogen and oxygen atoms in total. The second-order valence-corrected chi connectivity index (χ2v) is 6.19. The van der Waals surface area contributed by atoms with E-state index in [2.05, 4.69) is 50.8 Å². The summed E-state index contributed by atoms with van der Waals surface area (Å²) in [6.07, 6.45) is 2.05. The van der Waals surface area contributed by atoms with Gasteiger partial charge in [0.2, 0.25) is 5.91 Å². The van der Waals surface area contributed by atoms with Crippen LogP contribution in [0.2, 0.25) is 0 Å². The molecule has 2 aromatic rings. The van der Waals surface area contributed by atoms with Crippen LogP contribution < -0.4 is 10.6 Å². The monoisotopic (exact) mass is 360 g/mol. The number of amides is 1. The minimum absolute atomic E-state index is 0.00914. The molecule has 0 atom stereocenters. The zero-order chi connectivity index (χ0) is 15.8. The van der Waals surface area contributed by atoms with Crippen LogP contribution in [0, 0.1) is 6.92 Å². The summed E-state index contributed by atoms with van der Waals surface area (Å²) in [5.41, 5.74) is 3.24. The average Bonchev–Trinajstić information content (AvgIpc) is 2.51. The lowest BCUT2D eigenvalue weighted by Gasteiger charge is -2.09. The standard InChI is InChI=1S/C18H21BrN2O/c1-14-12-16(19)9-10-17(14)21-18(22)13-20-11-5-8-15-6-3-2-4-7-15/h2-4,6-7,9-10,12,20H,5,8,11,13H2,1H3,(H,21,22). The third kappa shape index (κ3) is 5.62. The van der Waals surface area contributed by atoms with Gasteiger partial charge >= 0.3 is 0 Å². The molecule has 0 fully saturated rings. The van der Waals surface area contributed by atoms with Crippen molar-refractivity contribution in [3.05, 3.63) is 64.1 Å². The molecule has 0 aliphatic heterocycles. The minimum Gasteiger partial charge on any atom is -0.325 e. The first-order chi connectivity index (χ1) is 10.6. The topological polar surface area (TPSA) is 41.1 Å². The molecule has 1 amide bonds. The van der Waals surface area contributed by atoms with Crippen molar-refractivity contribution in [1.29, 1.82) is 0 Å². The predicted molar refractivity (Wildman–Crippen MR) is 95.1 cm³/mol. The Labute approximate surface area is 140 Å². The highest BCUT2D eigenvalue weighted by molar-refractivity contribution is 9.10. The van der Waals surface area contributed by atoms with E-state index in [-0.39, 0.29) is 5.91 Å². The molecular weight excluding hydrogens is 340 g/mol. The highest BCUT2D eigenvalue weighted by Crippen LogP contribution is 2.19. The lowest BCUT2D eigenvalue weighted by atomic mass is 10.1. The number of benzene rings is 2. The van der Waals surface area contributed by atoms with Crippen molar-refractivity contribution in [2.75, 3.05) is 18.4 Å². The minimum atomic E-state index is -0.00914. The van der Waals surface area contributed by atoms with E-state index in [0.717, 1.165) is 35.1 Å². The molecule has 2 rings (SSSR count). The van der Waals surface area contributed by atoms with Gasteiger partial charge in [-0.2, -0.15) is 0 Å². The number of hydrogen-bond donors (Lipinski definition) is 2. The Morgan fingerprint density at radius 2 is 1.91 bits per heavy atom. The summed E-state index contributed by atoms with van der Waals surface area (Å²) in [5, 5.41) is 6.11. The molecule has 22 heavy (non-hydrogen) atoms. The van der Waals surface area contributed by atoms with Gasteiger partial charge < -0.3 is 10.6 Å². The Balaban J connectivity index is 1.65. The zero-order valence-electron chi connectivity index (χ0n) is 12.7. The van der Waals surface area contributed by atoms with Crippen LogP contribution in [0.4, 0.5) is 5.69 Å². The van der Waals surface area contributed by atoms with Crippen molar-refractivity contribution in [2.45, 2.75) is 19.8 Å². The number of nitrogens with one attached hydrogen (secondary N) is 2. The van der Waals surface area contributed by atoms with Gasteiger partial charge in [-0.15, -0.1) is 0 Å². The fourth-order valence-corrected chi connectivity index (χ4v) is 2.70. The van der Waals surface area contributed by atoms with Crippen molar-refractivity contribution >= 4 is 27.5 Å². The Bertz CT molecular complexity index is 614. The van der Waals surface area contributed by atoms with Gasteiger partial charge in [-0.3, -0.25) is 4.79 Å². The predicted octanol–water partition coefficient (Wildman–Crippen LogP) is 3.92. The van der Waals surface area contributed by atoms with Crippen LogP contribution in [-0.4, -0.2) is 19.0 Å². The summed E-state index contributed by atoms with van der Waals surface area (Å²) < 4.78 is 1.02. The Kier molecular flexibility index (Phi) is 6.62. The lowest BCUT2D eigenvalue weighted by molar-refractivity contribution is -0.115. The highest BCUT2D eigenvalue weighted by atomic mass is 79.9. The van der Waals surface area contributed by atoms with Crippen LogP contribution in [0.15, 0.2) is 53.0 Å². The van der Waals surface area contributed by atoms with Gasteiger partial charge in [0, 0.05) is 10.2 Å². The summed E-state index contributed by atoms with van der Waals surface area (Å²) in [4.78, 5) is 11.9. The maximum atomic E-state index is 11.9. The van der Waals surface area contributed by atoms with Crippen LogP contribution in [0.3, 0.4) is 0 Å². The second kappa shape index (κ2) is 8.71. The first-order valence-electron chi connectivity index (χ1n) is 7.46. The largest absolute Gasteiger partial charge is 0.325 e. The SMILES string of the molecule is Cc1cc(Br)ccc1NC(=O)CNCCCc1ccccc1. The first kappa shape index (κ1) is 16.7. The summed E-state index contributed by atoms with van der Waals surface area (Å²) >= 11 is 3.42. The fraction of sp³-hybridized carbons (Fsp3) is 0.278. The van der Waals surface area contributed by atoms with Gasteiger partial charge in [0.1, 0.15) is 0 Å². The summed E-state index contributed by atoms with van der Waals surface area (Å²) in [6.45, 7) is 3.15. The van der Waals surface area contributed by atoms with Gasteiger partial charge in [-0.25, -0.2) is 0 Å². The third-order valence-electron chi connectivity index (χ3n) is 3.41. The quantitative estimate of drug-likeness (QED) is 0.734. The zero-order valence-corrected chi connectivity index (χ0v) is 14.3. The molecule has 0 radical (unpaired) electrons. The van der Waals surface area contributed by atoms with Gasteiger partial charge in [-0.05, 0) is 55.6 Å². The third-order valence-corrected chi connectivity index (χ3v) is 3.90. The Morgan fingerprint density at radius 1 is 1.14 bits per heavy atom. The van der Waals surface area contributed by atoms with Gasteiger partial charge in [-0.1, -0.05) is 46.3 Å². The van der Waals surface area contributed by atoms with Crippen molar-refractivity contribution in [1.82, 2.24) is 5.32 Å². The molecule has 2 N–H and O–H groups in total. The van der Waals surface area contributed by atoms with Crippen LogP contribution in [0.25, 0.3) is 0 Å². The number of rotatable bonds is 7. The number of aryl methyl sites for hydroxylation is 2. The summed E-state index contributed by atoms with van der Waals surface area (Å²) in [7, 11) is 0. The van der Waals surface area contributed by atoms with Gasteiger partial charge in [0.25, 0.3) is 0 Å². The highest BCUT2D eigenvalue weighted by Gasteiger charge is 2.04. The normalized spacial score (nSPS) is 10.5. The average molecular weight is 361 g/mol. The molecule has 0 unspecified atom stereocenters. The van der Waals surface area contributed by atoms with Crippen LogP contribution in [0.5, 0.6) is 0 Å². The number of carbonyl (C=O) groups excluding carboxylic acids is 1. The van der Waals surface area contributed by atoms with Crippen molar-refractivity contribution in [2.24, 2.45) is 0 Å². The van der Waals surface area contributed by atoms with E-state index in [0.29, 0.717) is 6.54 Å². The van der Waals surface area contributed by atoms with Gasteiger partial charge in [0.05, 0.1) is 6.54 Å². The number of carbonyl (C=O) groups is 1. The molecule has 0 aliphatic rings. The molecule has 0 aliphatic carbocycles. The van der Waals surface area contributed by atoms with Crippen LogP contribution in [0.1, 0.15) is 17.5 Å². The van der Waals surface area contributed by atoms with Gasteiger partial charge in [0.15, 0.2) is 0 Å². The van der Waals surface area contributed by atoms with Crippen LogP contribution in [-0.2, 0) is 11.2 Å².